The Morgan fingerprint density at radius 3 is 2.67 bits per heavy atom. The summed E-state index contributed by atoms with van der Waals surface area (Å²) < 4.78 is 10.8. The van der Waals surface area contributed by atoms with Gasteiger partial charge in [0.25, 0.3) is 0 Å². The maximum Gasteiger partial charge on any atom is 0.161 e. The van der Waals surface area contributed by atoms with Gasteiger partial charge in [-0.3, -0.25) is 4.90 Å². The minimum absolute atomic E-state index is 0.721. The van der Waals surface area contributed by atoms with Gasteiger partial charge in [-0.1, -0.05) is 19.1 Å². The second-order valence-electron chi connectivity index (χ2n) is 6.76. The van der Waals surface area contributed by atoms with Crippen molar-refractivity contribution >= 4 is 16.6 Å². The topological polar surface area (TPSA) is 50.4 Å². The van der Waals surface area contributed by atoms with Crippen LogP contribution in [0.25, 0.3) is 27.7 Å². The summed E-state index contributed by atoms with van der Waals surface area (Å²) in [5, 5.41) is 1.17. The molecule has 0 atom stereocenters. The number of rotatable bonds is 5. The molecular weight excluding hydrogens is 338 g/mol. The summed E-state index contributed by atoms with van der Waals surface area (Å²) in [5.74, 6) is 1.45. The van der Waals surface area contributed by atoms with Gasteiger partial charge in [0.05, 0.1) is 14.2 Å². The Morgan fingerprint density at radius 2 is 1.96 bits per heavy atom. The number of nitrogens with one attached hydrogen (secondary N) is 1. The van der Waals surface area contributed by atoms with E-state index in [0.29, 0.717) is 0 Å². The quantitative estimate of drug-likeness (QED) is 0.732. The molecular formula is C22H25N3O2. The predicted octanol–water partition coefficient (Wildman–Crippen LogP) is 4.36. The number of hydrogen-bond donors (Lipinski definition) is 1. The Balaban J connectivity index is 1.73. The van der Waals surface area contributed by atoms with Crippen LogP contribution in [0.2, 0.25) is 0 Å². The number of pyridine rings is 1. The van der Waals surface area contributed by atoms with Gasteiger partial charge in [-0.15, -0.1) is 0 Å². The molecule has 27 heavy (non-hydrogen) atoms. The molecule has 1 aliphatic rings. The molecule has 0 fully saturated rings. The molecule has 5 heteroatoms. The molecule has 4 rings (SSSR count). The summed E-state index contributed by atoms with van der Waals surface area (Å²) in [7, 11) is 3.30. The van der Waals surface area contributed by atoms with Crippen LogP contribution in [0.4, 0.5) is 0 Å². The molecule has 5 nitrogen and oxygen atoms in total. The third-order valence-corrected chi connectivity index (χ3v) is 5.33. The SMILES string of the molecule is CCN1CC=C(c2c[nH]c3ncc(-c4ccc(OC)c(OC)c4)cc23)CC1. The Kier molecular flexibility index (Phi) is 4.86. The van der Waals surface area contributed by atoms with Crippen molar-refractivity contribution in [3.8, 4) is 22.6 Å². The monoisotopic (exact) mass is 363 g/mol. The Hall–Kier alpha value is -2.79. The second-order valence-corrected chi connectivity index (χ2v) is 6.76. The zero-order valence-electron chi connectivity index (χ0n) is 16.1. The maximum atomic E-state index is 5.45. The van der Waals surface area contributed by atoms with E-state index in [0.717, 1.165) is 54.3 Å². The fraction of sp³-hybridized carbons (Fsp3) is 0.318. The molecule has 0 saturated heterocycles. The number of nitrogens with zero attached hydrogens (tertiary/aromatic N) is 2. The van der Waals surface area contributed by atoms with Crippen LogP contribution in [0.3, 0.4) is 0 Å². The molecule has 0 bridgehead atoms. The summed E-state index contributed by atoms with van der Waals surface area (Å²) in [4.78, 5) is 10.4. The average Bonchev–Trinajstić information content (AvgIpc) is 3.16. The van der Waals surface area contributed by atoms with Crippen molar-refractivity contribution in [3.05, 3.63) is 48.3 Å². The van der Waals surface area contributed by atoms with Crippen LogP contribution in [0.15, 0.2) is 42.7 Å². The highest BCUT2D eigenvalue weighted by molar-refractivity contribution is 5.93. The first-order valence-electron chi connectivity index (χ1n) is 9.34. The van der Waals surface area contributed by atoms with Gasteiger partial charge in [0.1, 0.15) is 5.65 Å². The van der Waals surface area contributed by atoms with E-state index < -0.39 is 0 Å². The zero-order valence-corrected chi connectivity index (χ0v) is 16.1. The number of fused-ring (bicyclic) bond motifs is 1. The number of aromatic amines is 1. The van der Waals surface area contributed by atoms with Crippen LogP contribution >= 0.6 is 0 Å². The minimum Gasteiger partial charge on any atom is -0.493 e. The molecule has 140 valence electrons. The van der Waals surface area contributed by atoms with Crippen LogP contribution in [0.5, 0.6) is 11.5 Å². The van der Waals surface area contributed by atoms with Gasteiger partial charge < -0.3 is 14.5 Å². The molecule has 1 N–H and O–H groups in total. The normalized spacial score (nSPS) is 15.0. The molecule has 0 radical (unpaired) electrons. The van der Waals surface area contributed by atoms with E-state index in [9.17, 15) is 0 Å². The van der Waals surface area contributed by atoms with Crippen molar-refractivity contribution in [2.24, 2.45) is 0 Å². The van der Waals surface area contributed by atoms with Crippen LogP contribution in [0.1, 0.15) is 18.9 Å². The molecule has 3 heterocycles. The fourth-order valence-electron chi connectivity index (χ4n) is 3.69. The molecule has 0 saturated carbocycles. The molecule has 3 aromatic rings. The van der Waals surface area contributed by atoms with Crippen LogP contribution < -0.4 is 9.47 Å². The van der Waals surface area contributed by atoms with E-state index in [1.54, 1.807) is 14.2 Å². The Labute approximate surface area is 159 Å². The average molecular weight is 363 g/mol. The first-order valence-corrected chi connectivity index (χ1v) is 9.34. The lowest BCUT2D eigenvalue weighted by Gasteiger charge is -2.24. The minimum atomic E-state index is 0.721. The number of benzene rings is 1. The summed E-state index contributed by atoms with van der Waals surface area (Å²) in [6, 6.07) is 8.17. The smallest absolute Gasteiger partial charge is 0.161 e. The summed E-state index contributed by atoms with van der Waals surface area (Å²) in [6.45, 7) is 5.44. The maximum absolute atomic E-state index is 5.45. The lowest BCUT2D eigenvalue weighted by molar-refractivity contribution is 0.319. The van der Waals surface area contributed by atoms with Crippen LogP contribution in [-0.2, 0) is 0 Å². The van der Waals surface area contributed by atoms with Gasteiger partial charge in [-0.05, 0) is 42.3 Å². The molecule has 1 aliphatic heterocycles. The first-order chi connectivity index (χ1) is 13.2. The van der Waals surface area contributed by atoms with Crippen LogP contribution in [-0.4, -0.2) is 48.7 Å². The van der Waals surface area contributed by atoms with Crippen molar-refractivity contribution in [1.82, 2.24) is 14.9 Å². The highest BCUT2D eigenvalue weighted by Crippen LogP contribution is 2.35. The number of ether oxygens (including phenoxy) is 2. The Morgan fingerprint density at radius 1 is 1.11 bits per heavy atom. The first kappa shape index (κ1) is 17.6. The molecule has 0 spiro atoms. The van der Waals surface area contributed by atoms with Crippen molar-refractivity contribution in [2.45, 2.75) is 13.3 Å². The molecule has 0 amide bonds. The van der Waals surface area contributed by atoms with E-state index in [-0.39, 0.29) is 0 Å². The van der Waals surface area contributed by atoms with Gasteiger partial charge in [0.2, 0.25) is 0 Å². The van der Waals surface area contributed by atoms with Crippen LogP contribution in [0, 0.1) is 0 Å². The van der Waals surface area contributed by atoms with E-state index in [1.807, 2.05) is 24.4 Å². The standard InChI is InChI=1S/C22H25N3O2/c1-4-25-9-7-15(8-10-25)19-14-24-22-18(19)11-17(13-23-22)16-5-6-20(26-2)21(12-16)27-3/h5-7,11-14H,4,8-10H2,1-3H3,(H,23,24). The molecule has 0 unspecified atom stereocenters. The molecule has 0 aliphatic carbocycles. The summed E-state index contributed by atoms with van der Waals surface area (Å²) >= 11 is 0. The lowest BCUT2D eigenvalue weighted by Crippen LogP contribution is -2.27. The van der Waals surface area contributed by atoms with E-state index in [2.05, 4.69) is 40.1 Å². The van der Waals surface area contributed by atoms with Crippen molar-refractivity contribution in [2.75, 3.05) is 33.9 Å². The molecule has 1 aromatic carbocycles. The lowest BCUT2D eigenvalue weighted by atomic mass is 9.98. The highest BCUT2D eigenvalue weighted by atomic mass is 16.5. The fourth-order valence-corrected chi connectivity index (χ4v) is 3.69. The Bertz CT molecular complexity index is 990. The van der Waals surface area contributed by atoms with Crippen molar-refractivity contribution in [1.29, 1.82) is 0 Å². The third-order valence-electron chi connectivity index (χ3n) is 5.33. The number of methoxy groups -OCH3 is 2. The number of hydrogen-bond acceptors (Lipinski definition) is 4. The van der Waals surface area contributed by atoms with Gasteiger partial charge in [-0.25, -0.2) is 4.98 Å². The molecule has 2 aromatic heterocycles. The van der Waals surface area contributed by atoms with Gasteiger partial charge in [-0.2, -0.15) is 0 Å². The van der Waals surface area contributed by atoms with Crippen molar-refractivity contribution in [3.63, 3.8) is 0 Å². The second kappa shape index (κ2) is 7.45. The van der Waals surface area contributed by atoms with E-state index in [1.165, 1.54) is 16.5 Å². The van der Waals surface area contributed by atoms with Gasteiger partial charge in [0, 0.05) is 42.0 Å². The number of aromatic nitrogens is 2. The van der Waals surface area contributed by atoms with Gasteiger partial charge in [0.15, 0.2) is 11.5 Å². The predicted molar refractivity (Wildman–Crippen MR) is 109 cm³/mol. The van der Waals surface area contributed by atoms with E-state index >= 15 is 0 Å². The van der Waals surface area contributed by atoms with Crippen molar-refractivity contribution < 1.29 is 9.47 Å². The largest absolute Gasteiger partial charge is 0.493 e. The van der Waals surface area contributed by atoms with E-state index in [4.69, 9.17) is 9.47 Å². The number of likely N-dealkylation sites (N-methyl/N-ethyl adjacent to an activating group) is 1. The zero-order chi connectivity index (χ0) is 18.8. The summed E-state index contributed by atoms with van der Waals surface area (Å²) in [6.07, 6.45) is 7.40. The number of H-pyrrole nitrogens is 1. The third kappa shape index (κ3) is 3.30. The van der Waals surface area contributed by atoms with Gasteiger partial charge >= 0.3 is 0 Å². The summed E-state index contributed by atoms with van der Waals surface area (Å²) in [5.41, 5.74) is 5.71. The highest BCUT2D eigenvalue weighted by Gasteiger charge is 2.16.